The summed E-state index contributed by atoms with van der Waals surface area (Å²) in [5.41, 5.74) is 4.88. The number of amides is 2. The van der Waals surface area contributed by atoms with Gasteiger partial charge >= 0.3 is 11.9 Å². The molecule has 1 unspecified atom stereocenters. The molecule has 11 nitrogen and oxygen atoms in total. The quantitative estimate of drug-likeness (QED) is 0.236. The Hall–Kier alpha value is -4.75. The van der Waals surface area contributed by atoms with Crippen molar-refractivity contribution in [2.45, 2.75) is 51.5 Å². The van der Waals surface area contributed by atoms with Crippen molar-refractivity contribution >= 4 is 17.5 Å². The van der Waals surface area contributed by atoms with E-state index in [2.05, 4.69) is 20.3 Å². The maximum Gasteiger partial charge on any atom is 0.475 e. The first kappa shape index (κ1) is 29.2. The lowest BCUT2D eigenvalue weighted by Crippen LogP contribution is -2.55. The van der Waals surface area contributed by atoms with Crippen LogP contribution >= 0.6 is 0 Å². The van der Waals surface area contributed by atoms with Crippen molar-refractivity contribution in [2.75, 3.05) is 12.3 Å². The molecule has 2 aromatic carbocycles. The number of nitrogen functional groups attached to an aromatic ring is 1. The molecule has 3 aromatic rings. The van der Waals surface area contributed by atoms with E-state index in [-0.39, 0.29) is 46.5 Å². The van der Waals surface area contributed by atoms with Crippen molar-refractivity contribution in [3.05, 3.63) is 81.5 Å². The molecular formula is C27H29F3N6O5. The van der Waals surface area contributed by atoms with Gasteiger partial charge in [0.15, 0.2) is 0 Å². The minimum absolute atomic E-state index is 0.0616. The van der Waals surface area contributed by atoms with E-state index >= 15 is 0 Å². The van der Waals surface area contributed by atoms with Crippen molar-refractivity contribution in [3.63, 3.8) is 0 Å². The van der Waals surface area contributed by atoms with Crippen LogP contribution in [0, 0.1) is 0 Å². The highest BCUT2D eigenvalue weighted by atomic mass is 19.4. The summed E-state index contributed by atoms with van der Waals surface area (Å²) in [5.74, 6) is -2.21. The number of halogens is 3. The number of hydrogen-bond donors (Lipinski definition) is 4. The highest BCUT2D eigenvalue weighted by Crippen LogP contribution is 2.40. The number of rotatable bonds is 8. The molecule has 1 aliphatic heterocycles. The lowest BCUT2D eigenvalue weighted by Gasteiger charge is -2.44. The van der Waals surface area contributed by atoms with Crippen molar-refractivity contribution in [1.82, 2.24) is 25.4 Å². The Balaban J connectivity index is 1.56. The second-order valence-corrected chi connectivity index (χ2v) is 10.2. The number of nitrogens with one attached hydrogen (secondary N) is 2. The number of anilines is 1. The second kappa shape index (κ2) is 11.0. The Bertz CT molecular complexity index is 1540. The second-order valence-electron chi connectivity index (χ2n) is 10.2. The van der Waals surface area contributed by atoms with Crippen LogP contribution in [0.25, 0.3) is 11.4 Å². The third-order valence-corrected chi connectivity index (χ3v) is 6.71. The van der Waals surface area contributed by atoms with Crippen LogP contribution in [-0.2, 0) is 27.8 Å². The monoisotopic (exact) mass is 574 g/mol. The van der Waals surface area contributed by atoms with Gasteiger partial charge in [0.25, 0.3) is 5.91 Å². The van der Waals surface area contributed by atoms with Gasteiger partial charge in [0.2, 0.25) is 11.7 Å². The van der Waals surface area contributed by atoms with E-state index in [0.29, 0.717) is 11.1 Å². The van der Waals surface area contributed by atoms with Crippen LogP contribution in [0.1, 0.15) is 43.9 Å². The summed E-state index contributed by atoms with van der Waals surface area (Å²) < 4.78 is 45.4. The van der Waals surface area contributed by atoms with E-state index < -0.39 is 41.4 Å². The molecule has 2 amide bonds. The molecule has 0 saturated carbocycles. The Morgan fingerprint density at radius 3 is 2.46 bits per heavy atom. The van der Waals surface area contributed by atoms with Crippen molar-refractivity contribution in [2.24, 2.45) is 0 Å². The highest BCUT2D eigenvalue weighted by molar-refractivity contribution is 5.97. The third-order valence-electron chi connectivity index (χ3n) is 6.71. The zero-order chi connectivity index (χ0) is 30.1. The van der Waals surface area contributed by atoms with Gasteiger partial charge in [-0.3, -0.25) is 14.1 Å². The number of nitrogens with zero attached hydrogens (tertiary/aromatic N) is 3. The van der Waals surface area contributed by atoms with Gasteiger partial charge in [-0.05, 0) is 56.5 Å². The molecule has 4 rings (SSSR count). The van der Waals surface area contributed by atoms with Gasteiger partial charge in [0.05, 0.1) is 16.8 Å². The average molecular weight is 575 g/mol. The average Bonchev–Trinajstić information content (AvgIpc) is 3.24. The fourth-order valence-electron chi connectivity index (χ4n) is 4.54. The minimum atomic E-state index is -4.65. The molecule has 0 aliphatic carbocycles. The van der Waals surface area contributed by atoms with E-state index in [9.17, 15) is 32.8 Å². The minimum Gasteiger partial charge on any atom is -0.421 e. The van der Waals surface area contributed by atoms with E-state index in [4.69, 9.17) is 5.73 Å². The molecule has 5 N–H and O–H groups in total. The molecule has 1 aliphatic rings. The van der Waals surface area contributed by atoms with Gasteiger partial charge in [0, 0.05) is 23.8 Å². The van der Waals surface area contributed by atoms with Crippen LogP contribution < -0.4 is 22.1 Å². The molecule has 2 heterocycles. The normalized spacial score (nSPS) is 17.5. The van der Waals surface area contributed by atoms with E-state index in [1.807, 2.05) is 13.8 Å². The summed E-state index contributed by atoms with van der Waals surface area (Å²) in [6.07, 6.45) is -2.89. The van der Waals surface area contributed by atoms with Gasteiger partial charge in [-0.1, -0.05) is 40.2 Å². The largest absolute Gasteiger partial charge is 0.475 e. The Kier molecular flexibility index (Phi) is 7.86. The highest BCUT2D eigenvalue weighted by Gasteiger charge is 2.43. The molecule has 1 atom stereocenters. The van der Waals surface area contributed by atoms with Gasteiger partial charge in [0.1, 0.15) is 6.54 Å². The molecule has 1 aromatic heterocycles. The molecule has 0 radical (unpaired) electrons. The molecule has 0 bridgehead atoms. The van der Waals surface area contributed by atoms with Crippen molar-refractivity contribution in [3.8, 4) is 11.4 Å². The van der Waals surface area contributed by atoms with Gasteiger partial charge in [-0.2, -0.15) is 13.2 Å². The molecule has 218 valence electrons. The predicted octanol–water partition coefficient (Wildman–Crippen LogP) is 2.99. The van der Waals surface area contributed by atoms with Crippen LogP contribution in [0.5, 0.6) is 0 Å². The Morgan fingerprint density at radius 1 is 1.20 bits per heavy atom. The molecule has 14 heteroatoms. The summed E-state index contributed by atoms with van der Waals surface area (Å²) in [6.45, 7) is 4.89. The van der Waals surface area contributed by atoms with Crippen LogP contribution in [0.2, 0.25) is 0 Å². The van der Waals surface area contributed by atoms with Crippen molar-refractivity contribution in [1.29, 1.82) is 0 Å². The topological polar surface area (TPSA) is 156 Å². The summed E-state index contributed by atoms with van der Waals surface area (Å²) in [4.78, 5) is 39.1. The lowest BCUT2D eigenvalue weighted by atomic mass is 9.82. The number of aromatic nitrogens is 2. The van der Waals surface area contributed by atoms with Gasteiger partial charge in [-0.15, -0.1) is 0 Å². The zero-order valence-corrected chi connectivity index (χ0v) is 22.5. The summed E-state index contributed by atoms with van der Waals surface area (Å²) in [7, 11) is 0. The van der Waals surface area contributed by atoms with E-state index in [1.165, 1.54) is 11.0 Å². The molecule has 0 spiro atoms. The van der Waals surface area contributed by atoms with E-state index in [1.54, 1.807) is 37.3 Å². The Labute approximate surface area is 232 Å². The summed E-state index contributed by atoms with van der Waals surface area (Å²) in [6, 6.07) is 9.43. The van der Waals surface area contributed by atoms with Crippen LogP contribution in [0.15, 0.2) is 63.6 Å². The first-order valence-electron chi connectivity index (χ1n) is 12.6. The number of alkyl halides is 3. The Morgan fingerprint density at radius 2 is 1.88 bits per heavy atom. The smallest absolute Gasteiger partial charge is 0.421 e. The first-order chi connectivity index (χ1) is 19.2. The van der Waals surface area contributed by atoms with Crippen LogP contribution in [-0.4, -0.2) is 44.4 Å². The molecule has 0 saturated heterocycles. The van der Waals surface area contributed by atoms with Gasteiger partial charge < -0.3 is 26.5 Å². The van der Waals surface area contributed by atoms with Gasteiger partial charge in [-0.25, -0.2) is 4.79 Å². The zero-order valence-electron chi connectivity index (χ0n) is 22.5. The number of carbonyl (C=O) groups is 2. The van der Waals surface area contributed by atoms with Crippen LogP contribution in [0.3, 0.4) is 0 Å². The molecule has 0 fully saturated rings. The first-order valence-corrected chi connectivity index (χ1v) is 12.6. The molecular weight excluding hydrogens is 545 g/mol. The predicted molar refractivity (Wildman–Crippen MR) is 141 cm³/mol. The number of hydrogen-bond acceptors (Lipinski definition) is 8. The fraction of sp³-hybridized carbons (Fsp3) is 0.333. The standard InChI is InChI=1S/C27H29F3N6O5/c1-15(2)33-21-8-9-26(3,18-10-19(27(28,29)30)12-20(31)11-18)35(24(21)38)14-22(37)32-13-16-4-6-17(7-5-16)23-34-41-25(39)36(23)40/h4-8,10-12,15,33,40H,9,13-14,31H2,1-3H3,(H,32,37). The maximum atomic E-state index is 13.6. The van der Waals surface area contributed by atoms with E-state index in [0.717, 1.165) is 12.1 Å². The fourth-order valence-corrected chi connectivity index (χ4v) is 4.54. The third kappa shape index (κ3) is 6.21. The lowest BCUT2D eigenvalue weighted by molar-refractivity contribution is -0.141. The molecule has 41 heavy (non-hydrogen) atoms. The maximum absolute atomic E-state index is 13.6. The van der Waals surface area contributed by atoms with Crippen LogP contribution in [0.4, 0.5) is 18.9 Å². The summed E-state index contributed by atoms with van der Waals surface area (Å²) >= 11 is 0. The number of carbonyl (C=O) groups excluding carboxylic acids is 2. The summed E-state index contributed by atoms with van der Waals surface area (Å²) in [5, 5.41) is 18.9. The van der Waals surface area contributed by atoms with Crippen molar-refractivity contribution < 1.29 is 32.5 Å². The number of benzene rings is 2. The number of nitrogens with two attached hydrogens (primary N) is 1. The SMILES string of the molecule is CC(C)NC1=CCC(C)(c2cc(N)cc(C(F)(F)F)c2)N(CC(=O)NCc2ccc(-c3noc(=O)n3O)cc2)C1=O.